The van der Waals surface area contributed by atoms with Crippen molar-refractivity contribution in [3.8, 4) is 0 Å². The molecule has 0 aliphatic heterocycles. The molecule has 110 valence electrons. The number of aromatic carboxylic acids is 1. The smallest absolute Gasteiger partial charge is 0.337 e. The highest BCUT2D eigenvalue weighted by atomic mass is 16.4. The predicted molar refractivity (Wildman–Crippen MR) is 81.3 cm³/mol. The van der Waals surface area contributed by atoms with E-state index < -0.39 is 5.97 Å². The molecule has 20 heavy (non-hydrogen) atoms. The van der Waals surface area contributed by atoms with Gasteiger partial charge < -0.3 is 16.2 Å². The van der Waals surface area contributed by atoms with Gasteiger partial charge in [0.2, 0.25) is 0 Å². The lowest BCUT2D eigenvalue weighted by Crippen LogP contribution is -2.30. The number of hydrogen-bond donors (Lipinski definition) is 3. The van der Waals surface area contributed by atoms with E-state index in [1.165, 1.54) is 12.8 Å². The molecule has 2 rings (SSSR count). The van der Waals surface area contributed by atoms with Crippen LogP contribution in [0.3, 0.4) is 0 Å². The average Bonchev–Trinajstić information content (AvgIpc) is 3.22. The molecule has 1 aromatic rings. The molecule has 0 radical (unpaired) electrons. The van der Waals surface area contributed by atoms with Crippen LogP contribution >= 0.6 is 0 Å². The van der Waals surface area contributed by atoms with Gasteiger partial charge in [-0.1, -0.05) is 6.92 Å². The second-order valence-electron chi connectivity index (χ2n) is 5.35. The molecule has 4 N–H and O–H groups in total. The number of aryl methyl sites for hydroxylation is 1. The van der Waals surface area contributed by atoms with E-state index in [4.69, 9.17) is 10.8 Å². The second kappa shape index (κ2) is 6.13. The van der Waals surface area contributed by atoms with Gasteiger partial charge in [0.15, 0.2) is 0 Å². The van der Waals surface area contributed by atoms with Gasteiger partial charge in [0.25, 0.3) is 0 Å². The summed E-state index contributed by atoms with van der Waals surface area (Å²) in [5, 5.41) is 12.4. The number of likely N-dealkylation sites (N-methyl/N-ethyl adjacent to an activating group) is 1. The Hall–Kier alpha value is -1.75. The first-order chi connectivity index (χ1) is 9.52. The number of anilines is 2. The van der Waals surface area contributed by atoms with Gasteiger partial charge in [0, 0.05) is 30.5 Å². The Bertz CT molecular complexity index is 498. The molecule has 5 heteroatoms. The van der Waals surface area contributed by atoms with Gasteiger partial charge in [0.05, 0.1) is 5.56 Å². The Kier molecular flexibility index (Phi) is 4.49. The summed E-state index contributed by atoms with van der Waals surface area (Å²) in [6, 6.07) is 4.26. The van der Waals surface area contributed by atoms with E-state index in [1.54, 1.807) is 6.07 Å². The molecule has 0 unspecified atom stereocenters. The van der Waals surface area contributed by atoms with Crippen LogP contribution in [0.1, 0.15) is 35.7 Å². The molecule has 0 atom stereocenters. The highest BCUT2D eigenvalue weighted by molar-refractivity contribution is 5.95. The molecule has 1 fully saturated rings. The molecular weight excluding hydrogens is 254 g/mol. The SMILES string of the molecule is CCN(CCNc1cc(C)c(N)c(C(=O)O)c1)C1CC1. The molecule has 1 saturated carbocycles. The number of nitrogens with one attached hydrogen (secondary N) is 1. The monoisotopic (exact) mass is 277 g/mol. The van der Waals surface area contributed by atoms with E-state index in [2.05, 4.69) is 17.1 Å². The van der Waals surface area contributed by atoms with E-state index in [9.17, 15) is 4.79 Å². The summed E-state index contributed by atoms with van der Waals surface area (Å²) in [7, 11) is 0. The summed E-state index contributed by atoms with van der Waals surface area (Å²) in [4.78, 5) is 13.6. The number of nitrogen functional groups attached to an aromatic ring is 1. The third kappa shape index (κ3) is 3.42. The van der Waals surface area contributed by atoms with Crippen molar-refractivity contribution in [2.75, 3.05) is 30.7 Å². The largest absolute Gasteiger partial charge is 0.478 e. The van der Waals surface area contributed by atoms with Crippen molar-refractivity contribution < 1.29 is 9.90 Å². The van der Waals surface area contributed by atoms with E-state index in [0.29, 0.717) is 5.69 Å². The number of hydrogen-bond acceptors (Lipinski definition) is 4. The number of carboxylic acids is 1. The first-order valence-corrected chi connectivity index (χ1v) is 7.14. The van der Waals surface area contributed by atoms with Gasteiger partial charge in [-0.3, -0.25) is 4.90 Å². The number of rotatable bonds is 7. The normalized spacial score (nSPS) is 14.6. The molecule has 0 spiro atoms. The fourth-order valence-electron chi connectivity index (χ4n) is 2.46. The van der Waals surface area contributed by atoms with E-state index >= 15 is 0 Å². The molecular formula is C15H23N3O2. The first kappa shape index (κ1) is 14.7. The zero-order chi connectivity index (χ0) is 14.7. The van der Waals surface area contributed by atoms with Gasteiger partial charge in [-0.05, 0) is 44.0 Å². The predicted octanol–water partition coefficient (Wildman–Crippen LogP) is 2.17. The maximum Gasteiger partial charge on any atom is 0.337 e. The highest BCUT2D eigenvalue weighted by Crippen LogP contribution is 2.26. The third-order valence-corrected chi connectivity index (χ3v) is 3.81. The zero-order valence-corrected chi connectivity index (χ0v) is 12.1. The summed E-state index contributed by atoms with van der Waals surface area (Å²) in [5.41, 5.74) is 7.91. The van der Waals surface area contributed by atoms with Crippen molar-refractivity contribution in [1.29, 1.82) is 0 Å². The Labute approximate surface area is 119 Å². The fourth-order valence-corrected chi connectivity index (χ4v) is 2.46. The summed E-state index contributed by atoms with van der Waals surface area (Å²) >= 11 is 0. The van der Waals surface area contributed by atoms with Crippen LogP contribution in [-0.2, 0) is 0 Å². The summed E-state index contributed by atoms with van der Waals surface area (Å²) < 4.78 is 0. The third-order valence-electron chi connectivity index (χ3n) is 3.81. The van der Waals surface area contributed by atoms with Crippen molar-refractivity contribution in [3.05, 3.63) is 23.3 Å². The number of nitrogens with zero attached hydrogens (tertiary/aromatic N) is 1. The highest BCUT2D eigenvalue weighted by Gasteiger charge is 2.27. The first-order valence-electron chi connectivity index (χ1n) is 7.14. The lowest BCUT2D eigenvalue weighted by molar-refractivity contribution is 0.0698. The van der Waals surface area contributed by atoms with Crippen molar-refractivity contribution in [3.63, 3.8) is 0 Å². The average molecular weight is 277 g/mol. The number of carboxylic acid groups (broad SMARTS) is 1. The molecule has 1 aliphatic rings. The number of nitrogens with two attached hydrogens (primary N) is 1. The van der Waals surface area contributed by atoms with Crippen molar-refractivity contribution in [1.82, 2.24) is 4.90 Å². The lowest BCUT2D eigenvalue weighted by Gasteiger charge is -2.20. The number of carbonyl (C=O) groups is 1. The maximum atomic E-state index is 11.1. The maximum absolute atomic E-state index is 11.1. The van der Waals surface area contributed by atoms with Crippen LogP contribution in [0.15, 0.2) is 12.1 Å². The molecule has 0 amide bonds. The summed E-state index contributed by atoms with van der Waals surface area (Å²) in [5.74, 6) is -0.984. The van der Waals surface area contributed by atoms with Gasteiger partial charge in [0.1, 0.15) is 0 Å². The van der Waals surface area contributed by atoms with Crippen molar-refractivity contribution in [2.24, 2.45) is 0 Å². The molecule has 0 bridgehead atoms. The lowest BCUT2D eigenvalue weighted by atomic mass is 10.1. The van der Waals surface area contributed by atoms with Gasteiger partial charge >= 0.3 is 5.97 Å². The van der Waals surface area contributed by atoms with Crippen LogP contribution in [0.25, 0.3) is 0 Å². The van der Waals surface area contributed by atoms with Crippen molar-refractivity contribution >= 4 is 17.3 Å². The van der Waals surface area contributed by atoms with Gasteiger partial charge in [-0.15, -0.1) is 0 Å². The van der Waals surface area contributed by atoms with Gasteiger partial charge in [-0.2, -0.15) is 0 Å². The second-order valence-corrected chi connectivity index (χ2v) is 5.35. The Morgan fingerprint density at radius 2 is 2.20 bits per heavy atom. The Morgan fingerprint density at radius 1 is 1.50 bits per heavy atom. The Morgan fingerprint density at radius 3 is 2.75 bits per heavy atom. The van der Waals surface area contributed by atoms with Crippen LogP contribution in [0, 0.1) is 6.92 Å². The molecule has 0 aromatic heterocycles. The minimum Gasteiger partial charge on any atom is -0.478 e. The molecule has 0 heterocycles. The van der Waals surface area contributed by atoms with Crippen LogP contribution in [0.4, 0.5) is 11.4 Å². The van der Waals surface area contributed by atoms with Crippen LogP contribution in [0.5, 0.6) is 0 Å². The Balaban J connectivity index is 1.97. The van der Waals surface area contributed by atoms with E-state index in [-0.39, 0.29) is 5.56 Å². The fraction of sp³-hybridized carbons (Fsp3) is 0.533. The van der Waals surface area contributed by atoms with Crippen LogP contribution in [-0.4, -0.2) is 41.7 Å². The minimum absolute atomic E-state index is 0.169. The van der Waals surface area contributed by atoms with Crippen molar-refractivity contribution in [2.45, 2.75) is 32.7 Å². The summed E-state index contributed by atoms with van der Waals surface area (Å²) in [6.45, 7) is 6.86. The topological polar surface area (TPSA) is 78.6 Å². The van der Waals surface area contributed by atoms with E-state index in [1.807, 2.05) is 13.0 Å². The molecule has 0 saturated heterocycles. The van der Waals surface area contributed by atoms with Gasteiger partial charge in [-0.25, -0.2) is 4.79 Å². The quantitative estimate of drug-likeness (QED) is 0.666. The molecule has 1 aromatic carbocycles. The molecule has 1 aliphatic carbocycles. The standard InChI is InChI=1S/C15H23N3O2/c1-3-18(12-4-5-12)7-6-17-11-8-10(2)14(16)13(9-11)15(19)20/h8-9,12,17H,3-7,16H2,1-2H3,(H,19,20). The van der Waals surface area contributed by atoms with Crippen LogP contribution in [0.2, 0.25) is 0 Å². The number of benzene rings is 1. The molecule has 5 nitrogen and oxygen atoms in total. The van der Waals surface area contributed by atoms with E-state index in [0.717, 1.165) is 36.9 Å². The zero-order valence-electron chi connectivity index (χ0n) is 12.1. The minimum atomic E-state index is -0.984. The summed E-state index contributed by atoms with van der Waals surface area (Å²) in [6.07, 6.45) is 2.61. The van der Waals surface area contributed by atoms with Crippen LogP contribution < -0.4 is 11.1 Å².